The molecular weight excluding hydrogens is 393 g/mol. The number of nitrogens with one attached hydrogen (secondary N) is 1. The zero-order chi connectivity index (χ0) is 22.1. The van der Waals surface area contributed by atoms with E-state index in [1.165, 1.54) is 0 Å². The van der Waals surface area contributed by atoms with Crippen LogP contribution in [0, 0.1) is 0 Å². The van der Waals surface area contributed by atoms with E-state index in [2.05, 4.69) is 20.5 Å². The van der Waals surface area contributed by atoms with Gasteiger partial charge in [-0.3, -0.25) is 4.98 Å². The summed E-state index contributed by atoms with van der Waals surface area (Å²) >= 11 is 0. The Hall–Kier alpha value is -2.90. The van der Waals surface area contributed by atoms with E-state index < -0.39 is 17.8 Å². The lowest BCUT2D eigenvalue weighted by atomic mass is 9.65. The molecule has 1 aliphatic rings. The van der Waals surface area contributed by atoms with Gasteiger partial charge < -0.3 is 16.2 Å². The van der Waals surface area contributed by atoms with Crippen molar-refractivity contribution in [1.29, 1.82) is 0 Å². The molecule has 31 heavy (non-hydrogen) atoms. The Morgan fingerprint density at radius 1 is 1.13 bits per heavy atom. The number of alkyl halides is 1. The monoisotopic (exact) mass is 421 g/mol. The summed E-state index contributed by atoms with van der Waals surface area (Å²) in [5.41, 5.74) is 8.21. The number of nitrogens with zero attached hydrogens (tertiary/aromatic N) is 3. The summed E-state index contributed by atoms with van der Waals surface area (Å²) < 4.78 is 13.7. The molecule has 0 radical (unpaired) electrons. The minimum atomic E-state index is -0.996. The summed E-state index contributed by atoms with van der Waals surface area (Å²) in [6.45, 7) is 3.94. The highest BCUT2D eigenvalue weighted by Crippen LogP contribution is 2.44. The Balaban J connectivity index is 1.43. The van der Waals surface area contributed by atoms with E-state index in [0.29, 0.717) is 25.2 Å². The molecule has 2 aromatic heterocycles. The molecule has 0 spiro atoms. The molecule has 4 rings (SSSR count). The zero-order valence-electron chi connectivity index (χ0n) is 17.8. The highest BCUT2D eigenvalue weighted by molar-refractivity contribution is 5.60. The van der Waals surface area contributed by atoms with Crippen LogP contribution in [0.15, 0.2) is 60.8 Å². The molecule has 0 amide bonds. The minimum Gasteiger partial charge on any atom is -0.388 e. The summed E-state index contributed by atoms with van der Waals surface area (Å²) in [6.07, 6.45) is 1.88. The van der Waals surface area contributed by atoms with Crippen LogP contribution in [-0.4, -0.2) is 38.6 Å². The lowest BCUT2D eigenvalue weighted by Crippen LogP contribution is -2.48. The number of halogens is 1. The highest BCUT2D eigenvalue weighted by Gasteiger charge is 2.47. The van der Waals surface area contributed by atoms with E-state index in [-0.39, 0.29) is 5.41 Å². The van der Waals surface area contributed by atoms with Crippen LogP contribution in [-0.2, 0) is 5.41 Å². The summed E-state index contributed by atoms with van der Waals surface area (Å²) in [5, 5.41) is 22.0. The van der Waals surface area contributed by atoms with Gasteiger partial charge in [-0.1, -0.05) is 30.3 Å². The molecule has 0 saturated heterocycles. The maximum absolute atomic E-state index is 13.7. The molecule has 0 aliphatic heterocycles. The second-order valence-corrected chi connectivity index (χ2v) is 8.91. The number of hydrogen-bond acceptors (Lipinski definition) is 6. The van der Waals surface area contributed by atoms with E-state index in [9.17, 15) is 9.50 Å². The molecule has 1 atom stereocenters. The number of rotatable bonds is 7. The highest BCUT2D eigenvalue weighted by atomic mass is 19.1. The van der Waals surface area contributed by atoms with E-state index in [1.807, 2.05) is 54.6 Å². The van der Waals surface area contributed by atoms with Crippen LogP contribution in [0.3, 0.4) is 0 Å². The first-order chi connectivity index (χ1) is 14.8. The van der Waals surface area contributed by atoms with Gasteiger partial charge in [-0.15, -0.1) is 10.2 Å². The van der Waals surface area contributed by atoms with Gasteiger partial charge in [0.1, 0.15) is 12.0 Å². The Morgan fingerprint density at radius 2 is 1.87 bits per heavy atom. The second-order valence-electron chi connectivity index (χ2n) is 8.91. The van der Waals surface area contributed by atoms with E-state index in [4.69, 9.17) is 5.73 Å². The second kappa shape index (κ2) is 8.32. The van der Waals surface area contributed by atoms with Gasteiger partial charge in [-0.25, -0.2) is 4.39 Å². The predicted octanol–water partition coefficient (Wildman–Crippen LogP) is 3.79. The Kier molecular flexibility index (Phi) is 5.73. The predicted molar refractivity (Wildman–Crippen MR) is 119 cm³/mol. The van der Waals surface area contributed by atoms with Gasteiger partial charge >= 0.3 is 0 Å². The van der Waals surface area contributed by atoms with Crippen molar-refractivity contribution in [2.75, 3.05) is 11.9 Å². The Labute approximate surface area is 181 Å². The molecule has 1 fully saturated rings. The Morgan fingerprint density at radius 3 is 2.42 bits per heavy atom. The quantitative estimate of drug-likeness (QED) is 0.537. The molecule has 6 nitrogen and oxygen atoms in total. The van der Waals surface area contributed by atoms with Gasteiger partial charge in [0.25, 0.3) is 0 Å². The maximum atomic E-state index is 13.7. The largest absolute Gasteiger partial charge is 0.388 e. The smallest absolute Gasteiger partial charge is 0.148 e. The average Bonchev–Trinajstić information content (AvgIpc) is 2.76. The van der Waals surface area contributed by atoms with Crippen molar-refractivity contribution in [3.8, 4) is 11.3 Å². The molecule has 4 N–H and O–H groups in total. The molecule has 3 aromatic rings. The standard InChI is InChI=1S/C24H28FN5O/c1-23(2,31)22(26)17-8-6-16(7-9-17)19-10-11-21(30-29-19)28-15-24(13-18(25)14-24)20-5-3-4-12-27-20/h3-12,18,22,31H,13-15,26H2,1-2H3,(H,28,30). The van der Waals surface area contributed by atoms with Gasteiger partial charge in [-0.05, 0) is 56.5 Å². The first-order valence-corrected chi connectivity index (χ1v) is 10.5. The van der Waals surface area contributed by atoms with Crippen molar-refractivity contribution in [2.45, 2.75) is 49.9 Å². The average molecular weight is 422 g/mol. The Bertz CT molecular complexity index is 997. The van der Waals surface area contributed by atoms with Crippen LogP contribution in [0.1, 0.15) is 44.0 Å². The third kappa shape index (κ3) is 4.57. The van der Waals surface area contributed by atoms with Crippen molar-refractivity contribution < 1.29 is 9.50 Å². The van der Waals surface area contributed by atoms with Crippen LogP contribution in [0.2, 0.25) is 0 Å². The molecular formula is C24H28FN5O. The van der Waals surface area contributed by atoms with Crippen molar-refractivity contribution in [2.24, 2.45) is 5.73 Å². The molecule has 2 heterocycles. The van der Waals surface area contributed by atoms with Crippen LogP contribution < -0.4 is 11.1 Å². The van der Waals surface area contributed by atoms with E-state index in [0.717, 1.165) is 22.5 Å². The number of nitrogens with two attached hydrogens (primary N) is 1. The summed E-state index contributed by atoms with van der Waals surface area (Å²) in [6, 6.07) is 16.7. The first-order valence-electron chi connectivity index (χ1n) is 10.5. The molecule has 162 valence electrons. The van der Waals surface area contributed by atoms with Crippen molar-refractivity contribution in [1.82, 2.24) is 15.2 Å². The van der Waals surface area contributed by atoms with E-state index >= 15 is 0 Å². The number of aromatic nitrogens is 3. The van der Waals surface area contributed by atoms with Gasteiger partial charge in [0, 0.05) is 29.4 Å². The van der Waals surface area contributed by atoms with Crippen LogP contribution >= 0.6 is 0 Å². The van der Waals surface area contributed by atoms with E-state index in [1.54, 1.807) is 20.0 Å². The molecule has 7 heteroatoms. The molecule has 1 aromatic carbocycles. The maximum Gasteiger partial charge on any atom is 0.148 e. The lowest BCUT2D eigenvalue weighted by molar-refractivity contribution is 0.0517. The first kappa shape index (κ1) is 21.3. The topological polar surface area (TPSA) is 97.0 Å². The number of hydrogen-bond donors (Lipinski definition) is 3. The fourth-order valence-corrected chi connectivity index (χ4v) is 4.02. The number of pyridine rings is 1. The van der Waals surface area contributed by atoms with Gasteiger partial charge in [0.2, 0.25) is 0 Å². The number of anilines is 1. The summed E-state index contributed by atoms with van der Waals surface area (Å²) in [5.74, 6) is 0.641. The third-order valence-corrected chi connectivity index (χ3v) is 6.03. The van der Waals surface area contributed by atoms with Crippen LogP contribution in [0.5, 0.6) is 0 Å². The molecule has 1 aliphatic carbocycles. The van der Waals surface area contributed by atoms with Crippen molar-refractivity contribution in [3.63, 3.8) is 0 Å². The van der Waals surface area contributed by atoms with Crippen molar-refractivity contribution in [3.05, 3.63) is 72.1 Å². The normalized spacial score (nSPS) is 21.9. The van der Waals surface area contributed by atoms with Gasteiger partial charge in [0.15, 0.2) is 0 Å². The number of benzene rings is 1. The fourth-order valence-electron chi connectivity index (χ4n) is 4.02. The zero-order valence-corrected chi connectivity index (χ0v) is 17.8. The minimum absolute atomic E-state index is 0.309. The van der Waals surface area contributed by atoms with Gasteiger partial charge in [-0.2, -0.15) is 0 Å². The third-order valence-electron chi connectivity index (χ3n) is 6.03. The molecule has 0 bridgehead atoms. The lowest BCUT2D eigenvalue weighted by Gasteiger charge is -2.43. The van der Waals surface area contributed by atoms with Crippen molar-refractivity contribution >= 4 is 5.82 Å². The molecule has 1 unspecified atom stereocenters. The summed E-state index contributed by atoms with van der Waals surface area (Å²) in [7, 11) is 0. The van der Waals surface area contributed by atoms with Crippen LogP contribution in [0.25, 0.3) is 11.3 Å². The molecule has 1 saturated carbocycles. The van der Waals surface area contributed by atoms with Crippen LogP contribution in [0.4, 0.5) is 10.2 Å². The fraction of sp³-hybridized carbons (Fsp3) is 0.375. The number of aliphatic hydroxyl groups is 1. The van der Waals surface area contributed by atoms with Gasteiger partial charge in [0.05, 0.1) is 17.3 Å². The summed E-state index contributed by atoms with van der Waals surface area (Å²) in [4.78, 5) is 4.44. The SMILES string of the molecule is CC(C)(O)C(N)c1ccc(-c2ccc(NCC3(c4ccccn4)CC(F)C3)nn2)cc1.